The van der Waals surface area contributed by atoms with Gasteiger partial charge < -0.3 is 30.5 Å². The number of rotatable bonds is 5. The lowest BCUT2D eigenvalue weighted by molar-refractivity contribution is 0.208. The van der Waals surface area contributed by atoms with Gasteiger partial charge in [-0.3, -0.25) is 0 Å². The number of urea groups is 2. The fourth-order valence-corrected chi connectivity index (χ4v) is 4.03. The number of nitrogens with zero attached hydrogens (tertiary/aromatic N) is 2. The second-order valence-electron chi connectivity index (χ2n) is 8.55. The van der Waals surface area contributed by atoms with Crippen molar-refractivity contribution < 1.29 is 14.3 Å². The molecular weight excluding hydrogens is 442 g/mol. The van der Waals surface area contributed by atoms with Crippen LogP contribution < -0.4 is 25.6 Å². The number of benzene rings is 3. The van der Waals surface area contributed by atoms with E-state index in [1.165, 1.54) is 0 Å². The number of piperazine rings is 1. The summed E-state index contributed by atoms with van der Waals surface area (Å²) in [4.78, 5) is 29.2. The average Bonchev–Trinajstić information content (AvgIpc) is 2.86. The summed E-state index contributed by atoms with van der Waals surface area (Å²) in [5.74, 6) is 0.604. The number of carbonyl (C=O) groups is 2. The van der Waals surface area contributed by atoms with Crippen molar-refractivity contribution in [1.82, 2.24) is 4.90 Å². The molecule has 8 nitrogen and oxygen atoms in total. The lowest BCUT2D eigenvalue weighted by Crippen LogP contribution is -2.50. The zero-order valence-corrected chi connectivity index (χ0v) is 20.3. The van der Waals surface area contributed by atoms with Crippen LogP contribution >= 0.6 is 0 Å². The van der Waals surface area contributed by atoms with E-state index in [9.17, 15) is 9.59 Å². The maximum atomic E-state index is 12.6. The summed E-state index contributed by atoms with van der Waals surface area (Å²) >= 11 is 0. The molecule has 1 aliphatic heterocycles. The zero-order valence-electron chi connectivity index (χ0n) is 20.3. The summed E-state index contributed by atoms with van der Waals surface area (Å²) in [7, 11) is 1.57. The number of hydrogen-bond donors (Lipinski definition) is 3. The topological polar surface area (TPSA) is 85.9 Å². The molecule has 1 saturated heterocycles. The molecule has 3 aromatic rings. The number of aryl methyl sites for hydroxylation is 2. The third-order valence-corrected chi connectivity index (χ3v) is 6.05. The molecule has 3 N–H and O–H groups in total. The van der Waals surface area contributed by atoms with Crippen LogP contribution in [-0.2, 0) is 0 Å². The van der Waals surface area contributed by atoms with E-state index in [1.54, 1.807) is 7.11 Å². The minimum Gasteiger partial charge on any atom is -0.495 e. The monoisotopic (exact) mass is 473 g/mol. The molecule has 4 amide bonds. The fraction of sp³-hybridized carbons (Fsp3) is 0.259. The van der Waals surface area contributed by atoms with Gasteiger partial charge in [0, 0.05) is 43.2 Å². The van der Waals surface area contributed by atoms with Crippen LogP contribution in [0, 0.1) is 13.8 Å². The van der Waals surface area contributed by atoms with Crippen molar-refractivity contribution in [2.75, 3.05) is 54.1 Å². The predicted molar refractivity (Wildman–Crippen MR) is 141 cm³/mol. The fourth-order valence-electron chi connectivity index (χ4n) is 4.03. The molecule has 0 saturated carbocycles. The van der Waals surface area contributed by atoms with Crippen molar-refractivity contribution in [2.45, 2.75) is 13.8 Å². The van der Waals surface area contributed by atoms with Crippen LogP contribution in [0.2, 0.25) is 0 Å². The Labute approximate surface area is 205 Å². The molecule has 0 unspecified atom stereocenters. The molecule has 0 bridgehead atoms. The van der Waals surface area contributed by atoms with E-state index >= 15 is 0 Å². The van der Waals surface area contributed by atoms with E-state index in [0.29, 0.717) is 30.2 Å². The highest BCUT2D eigenvalue weighted by molar-refractivity contribution is 6.00. The number of methoxy groups -OCH3 is 1. The van der Waals surface area contributed by atoms with E-state index in [4.69, 9.17) is 4.74 Å². The van der Waals surface area contributed by atoms with Gasteiger partial charge in [0.05, 0.1) is 12.8 Å². The molecule has 4 rings (SSSR count). The highest BCUT2D eigenvalue weighted by atomic mass is 16.5. The van der Waals surface area contributed by atoms with Crippen LogP contribution in [-0.4, -0.2) is 50.3 Å². The van der Waals surface area contributed by atoms with Gasteiger partial charge in [0.1, 0.15) is 5.75 Å². The van der Waals surface area contributed by atoms with Gasteiger partial charge in [-0.25, -0.2) is 9.59 Å². The molecule has 182 valence electrons. The summed E-state index contributed by atoms with van der Waals surface area (Å²) < 4.78 is 5.31. The Bertz CT molecular complexity index is 1190. The van der Waals surface area contributed by atoms with Crippen molar-refractivity contribution in [1.29, 1.82) is 0 Å². The molecule has 1 heterocycles. The molecule has 35 heavy (non-hydrogen) atoms. The maximum Gasteiger partial charge on any atom is 0.323 e. The average molecular weight is 474 g/mol. The smallest absolute Gasteiger partial charge is 0.323 e. The van der Waals surface area contributed by atoms with Crippen LogP contribution in [0.3, 0.4) is 0 Å². The second-order valence-corrected chi connectivity index (χ2v) is 8.55. The molecule has 1 aliphatic rings. The van der Waals surface area contributed by atoms with Gasteiger partial charge in [-0.1, -0.05) is 24.3 Å². The zero-order chi connectivity index (χ0) is 24.8. The SMILES string of the molecule is COc1ccc(C)cc1NC(=O)Nc1ccc(N2CCN(C(=O)Nc3ccccc3C)CC2)cc1. The molecular formula is C27H31N5O3. The first-order chi connectivity index (χ1) is 16.9. The third-order valence-electron chi connectivity index (χ3n) is 6.05. The van der Waals surface area contributed by atoms with E-state index in [0.717, 1.165) is 35.6 Å². The lowest BCUT2D eigenvalue weighted by Gasteiger charge is -2.36. The van der Waals surface area contributed by atoms with Gasteiger partial charge in [0.15, 0.2) is 0 Å². The molecule has 0 aromatic heterocycles. The molecule has 3 aromatic carbocycles. The lowest BCUT2D eigenvalue weighted by atomic mass is 10.2. The van der Waals surface area contributed by atoms with Gasteiger partial charge >= 0.3 is 12.1 Å². The van der Waals surface area contributed by atoms with Crippen LogP contribution in [0.25, 0.3) is 0 Å². The molecule has 0 spiro atoms. The minimum atomic E-state index is -0.338. The van der Waals surface area contributed by atoms with E-state index in [-0.39, 0.29) is 12.1 Å². The van der Waals surface area contributed by atoms with Crippen molar-refractivity contribution in [3.8, 4) is 5.75 Å². The first-order valence-corrected chi connectivity index (χ1v) is 11.6. The first-order valence-electron chi connectivity index (χ1n) is 11.6. The number of nitrogens with one attached hydrogen (secondary N) is 3. The van der Waals surface area contributed by atoms with Gasteiger partial charge in [-0.05, 0) is 67.4 Å². The number of para-hydroxylation sites is 1. The highest BCUT2D eigenvalue weighted by Crippen LogP contribution is 2.26. The maximum absolute atomic E-state index is 12.6. The minimum absolute atomic E-state index is 0.0743. The first kappa shape index (κ1) is 23.9. The number of hydrogen-bond acceptors (Lipinski definition) is 4. The highest BCUT2D eigenvalue weighted by Gasteiger charge is 2.21. The molecule has 0 aliphatic carbocycles. The van der Waals surface area contributed by atoms with Crippen molar-refractivity contribution in [3.63, 3.8) is 0 Å². The summed E-state index contributed by atoms with van der Waals surface area (Å²) in [6, 6.07) is 20.7. The molecule has 0 atom stereocenters. The Hall–Kier alpha value is -4.20. The molecule has 8 heteroatoms. The quantitative estimate of drug-likeness (QED) is 0.469. The van der Waals surface area contributed by atoms with Gasteiger partial charge in [-0.2, -0.15) is 0 Å². The number of anilines is 4. The van der Waals surface area contributed by atoms with Crippen LogP contribution in [0.1, 0.15) is 11.1 Å². The van der Waals surface area contributed by atoms with E-state index < -0.39 is 0 Å². The Morgan fingerprint density at radius 3 is 2.20 bits per heavy atom. The van der Waals surface area contributed by atoms with E-state index in [2.05, 4.69) is 20.9 Å². The standard InChI is InChI=1S/C27H31N5O3/c1-19-8-13-25(35-3)24(18-19)29-26(33)28-21-9-11-22(12-10-21)31-14-16-32(17-15-31)27(34)30-23-7-5-4-6-20(23)2/h4-13,18H,14-17H2,1-3H3,(H,30,34)(H2,28,29,33). The van der Waals surface area contributed by atoms with Crippen molar-refractivity contribution >= 4 is 34.8 Å². The van der Waals surface area contributed by atoms with Gasteiger partial charge in [0.2, 0.25) is 0 Å². The summed E-state index contributed by atoms with van der Waals surface area (Å²) in [5.41, 5.74) is 5.27. The Morgan fingerprint density at radius 2 is 1.51 bits per heavy atom. The van der Waals surface area contributed by atoms with Crippen molar-refractivity contribution in [2.24, 2.45) is 0 Å². The Kier molecular flexibility index (Phi) is 7.40. The largest absolute Gasteiger partial charge is 0.495 e. The Morgan fingerprint density at radius 1 is 0.800 bits per heavy atom. The van der Waals surface area contributed by atoms with Crippen molar-refractivity contribution in [3.05, 3.63) is 77.9 Å². The molecule has 0 radical (unpaired) electrons. The third kappa shape index (κ3) is 6.03. The van der Waals surface area contributed by atoms with Crippen LogP contribution in [0.15, 0.2) is 66.7 Å². The van der Waals surface area contributed by atoms with Crippen LogP contribution in [0.4, 0.5) is 32.3 Å². The summed E-state index contributed by atoms with van der Waals surface area (Å²) in [5, 5.41) is 8.69. The predicted octanol–water partition coefficient (Wildman–Crippen LogP) is 5.31. The number of ether oxygens (including phenoxy) is 1. The second kappa shape index (κ2) is 10.8. The van der Waals surface area contributed by atoms with Crippen LogP contribution in [0.5, 0.6) is 5.75 Å². The summed E-state index contributed by atoms with van der Waals surface area (Å²) in [6.45, 7) is 6.69. The molecule has 1 fully saturated rings. The number of amides is 4. The van der Waals surface area contributed by atoms with Gasteiger partial charge in [0.25, 0.3) is 0 Å². The normalized spacial score (nSPS) is 13.2. The Balaban J connectivity index is 1.29. The van der Waals surface area contributed by atoms with Gasteiger partial charge in [-0.15, -0.1) is 0 Å². The number of carbonyl (C=O) groups excluding carboxylic acids is 2. The summed E-state index contributed by atoms with van der Waals surface area (Å²) in [6.07, 6.45) is 0. The van der Waals surface area contributed by atoms with E-state index in [1.807, 2.05) is 85.5 Å².